The van der Waals surface area contributed by atoms with Crippen LogP contribution in [0.25, 0.3) is 0 Å². The fourth-order valence-corrected chi connectivity index (χ4v) is 3.08. The third-order valence-electron chi connectivity index (χ3n) is 4.00. The van der Waals surface area contributed by atoms with E-state index in [-0.39, 0.29) is 12.1 Å². The van der Waals surface area contributed by atoms with Crippen molar-refractivity contribution < 1.29 is 4.74 Å². The van der Waals surface area contributed by atoms with Crippen molar-refractivity contribution in [2.45, 2.75) is 52.2 Å². The van der Waals surface area contributed by atoms with Crippen LogP contribution < -0.4 is 16.0 Å². The summed E-state index contributed by atoms with van der Waals surface area (Å²) in [5.41, 5.74) is 4.26. The Kier molecular flexibility index (Phi) is 4.83. The summed E-state index contributed by atoms with van der Waals surface area (Å²) >= 11 is 0. The molecule has 2 rings (SSSR count). The summed E-state index contributed by atoms with van der Waals surface area (Å²) in [4.78, 5) is 0. The van der Waals surface area contributed by atoms with Crippen molar-refractivity contribution in [3.05, 3.63) is 29.8 Å². The van der Waals surface area contributed by atoms with Crippen molar-refractivity contribution in [2.75, 3.05) is 0 Å². The number of rotatable bonds is 5. The Balaban J connectivity index is 2.06. The zero-order chi connectivity index (χ0) is 13.8. The van der Waals surface area contributed by atoms with E-state index in [1.54, 1.807) is 0 Å². The lowest BCUT2D eigenvalue weighted by molar-refractivity contribution is 0.242. The van der Waals surface area contributed by atoms with Gasteiger partial charge in [0.05, 0.1) is 6.10 Å². The van der Waals surface area contributed by atoms with Gasteiger partial charge in [-0.05, 0) is 56.2 Å². The van der Waals surface area contributed by atoms with Crippen molar-refractivity contribution in [3.8, 4) is 5.75 Å². The monoisotopic (exact) mass is 262 g/mol. The first-order valence-corrected chi connectivity index (χ1v) is 7.33. The molecule has 1 saturated carbocycles. The molecule has 19 heavy (non-hydrogen) atoms. The molecule has 3 heteroatoms. The molecule has 0 radical (unpaired) electrons. The first-order valence-electron chi connectivity index (χ1n) is 7.33. The summed E-state index contributed by atoms with van der Waals surface area (Å²) in [5, 5.41) is 0. The molecule has 3 atom stereocenters. The Morgan fingerprint density at radius 3 is 2.37 bits per heavy atom. The summed E-state index contributed by atoms with van der Waals surface area (Å²) < 4.78 is 5.67. The maximum atomic E-state index is 5.77. The molecule has 106 valence electrons. The SMILES string of the molecule is CC1CCC(C(NN)c2ccc(OC(C)C)cc2)C1. The molecule has 1 aromatic carbocycles. The van der Waals surface area contributed by atoms with E-state index in [4.69, 9.17) is 10.6 Å². The van der Waals surface area contributed by atoms with Gasteiger partial charge in [0.2, 0.25) is 0 Å². The quantitative estimate of drug-likeness (QED) is 0.631. The highest BCUT2D eigenvalue weighted by Gasteiger charge is 2.29. The molecule has 0 spiro atoms. The number of nitrogens with two attached hydrogens (primary N) is 1. The first kappa shape index (κ1) is 14.4. The van der Waals surface area contributed by atoms with Crippen LogP contribution in [0.4, 0.5) is 0 Å². The summed E-state index contributed by atoms with van der Waals surface area (Å²) in [6.45, 7) is 6.41. The van der Waals surface area contributed by atoms with E-state index in [0.717, 1.165) is 11.7 Å². The number of ether oxygens (including phenoxy) is 1. The van der Waals surface area contributed by atoms with Gasteiger partial charge in [0, 0.05) is 6.04 Å². The Morgan fingerprint density at radius 2 is 1.89 bits per heavy atom. The second-order valence-electron chi connectivity index (χ2n) is 6.06. The number of benzene rings is 1. The molecule has 1 aliphatic rings. The molecule has 1 aliphatic carbocycles. The van der Waals surface area contributed by atoms with Crippen molar-refractivity contribution in [2.24, 2.45) is 17.7 Å². The normalized spacial score (nSPS) is 24.7. The van der Waals surface area contributed by atoms with Crippen LogP contribution in [0, 0.1) is 11.8 Å². The van der Waals surface area contributed by atoms with Gasteiger partial charge in [0.25, 0.3) is 0 Å². The summed E-state index contributed by atoms with van der Waals surface area (Å²) in [6.07, 6.45) is 4.06. The van der Waals surface area contributed by atoms with Crippen molar-refractivity contribution in [3.63, 3.8) is 0 Å². The minimum absolute atomic E-state index is 0.213. The van der Waals surface area contributed by atoms with Crippen LogP contribution in [-0.2, 0) is 0 Å². The molecule has 0 heterocycles. The molecule has 3 unspecified atom stereocenters. The lowest BCUT2D eigenvalue weighted by atomic mass is 9.91. The predicted octanol–water partition coefficient (Wildman–Crippen LogP) is 3.41. The van der Waals surface area contributed by atoms with E-state index in [1.807, 2.05) is 26.0 Å². The number of nitrogens with one attached hydrogen (secondary N) is 1. The second-order valence-corrected chi connectivity index (χ2v) is 6.06. The highest BCUT2D eigenvalue weighted by molar-refractivity contribution is 5.29. The third-order valence-corrected chi connectivity index (χ3v) is 4.00. The van der Waals surface area contributed by atoms with Crippen LogP contribution in [0.1, 0.15) is 51.6 Å². The molecule has 0 bridgehead atoms. The number of hydrazine groups is 1. The van der Waals surface area contributed by atoms with Gasteiger partial charge in [-0.25, -0.2) is 0 Å². The molecule has 0 amide bonds. The third kappa shape index (κ3) is 3.71. The van der Waals surface area contributed by atoms with E-state index in [0.29, 0.717) is 5.92 Å². The molecule has 3 nitrogen and oxygen atoms in total. The maximum Gasteiger partial charge on any atom is 0.119 e. The number of hydrogen-bond acceptors (Lipinski definition) is 3. The van der Waals surface area contributed by atoms with Gasteiger partial charge in [-0.3, -0.25) is 11.3 Å². The lowest BCUT2D eigenvalue weighted by Crippen LogP contribution is -2.32. The fourth-order valence-electron chi connectivity index (χ4n) is 3.08. The molecule has 3 N–H and O–H groups in total. The van der Waals surface area contributed by atoms with Crippen LogP contribution in [0.3, 0.4) is 0 Å². The lowest BCUT2D eigenvalue weighted by Gasteiger charge is -2.23. The Labute approximate surface area is 116 Å². The number of hydrogen-bond donors (Lipinski definition) is 2. The van der Waals surface area contributed by atoms with Gasteiger partial charge in [0.1, 0.15) is 5.75 Å². The Hall–Kier alpha value is -1.06. The zero-order valence-corrected chi connectivity index (χ0v) is 12.2. The van der Waals surface area contributed by atoms with Crippen LogP contribution in [0.2, 0.25) is 0 Å². The summed E-state index contributed by atoms with van der Waals surface area (Å²) in [5.74, 6) is 8.17. The van der Waals surface area contributed by atoms with Gasteiger partial charge in [0.15, 0.2) is 0 Å². The predicted molar refractivity (Wildman–Crippen MR) is 78.8 cm³/mol. The highest BCUT2D eigenvalue weighted by atomic mass is 16.5. The van der Waals surface area contributed by atoms with Crippen LogP contribution in [0.15, 0.2) is 24.3 Å². The summed E-state index contributed by atoms with van der Waals surface area (Å²) in [7, 11) is 0. The van der Waals surface area contributed by atoms with Crippen LogP contribution in [0.5, 0.6) is 5.75 Å². The van der Waals surface area contributed by atoms with Gasteiger partial charge in [-0.15, -0.1) is 0 Å². The van der Waals surface area contributed by atoms with E-state index in [9.17, 15) is 0 Å². The molecular weight excluding hydrogens is 236 g/mol. The molecular formula is C16H26N2O. The van der Waals surface area contributed by atoms with E-state index in [1.165, 1.54) is 24.8 Å². The Morgan fingerprint density at radius 1 is 1.21 bits per heavy atom. The minimum Gasteiger partial charge on any atom is -0.491 e. The van der Waals surface area contributed by atoms with Crippen molar-refractivity contribution in [1.82, 2.24) is 5.43 Å². The molecule has 1 aromatic rings. The molecule has 0 saturated heterocycles. The second kappa shape index (κ2) is 6.40. The highest BCUT2D eigenvalue weighted by Crippen LogP contribution is 2.38. The van der Waals surface area contributed by atoms with Gasteiger partial charge < -0.3 is 4.74 Å². The summed E-state index contributed by atoms with van der Waals surface area (Å²) in [6, 6.07) is 8.60. The van der Waals surface area contributed by atoms with E-state index in [2.05, 4.69) is 24.5 Å². The minimum atomic E-state index is 0.213. The average molecular weight is 262 g/mol. The largest absolute Gasteiger partial charge is 0.491 e. The van der Waals surface area contributed by atoms with E-state index >= 15 is 0 Å². The van der Waals surface area contributed by atoms with Crippen molar-refractivity contribution >= 4 is 0 Å². The van der Waals surface area contributed by atoms with Gasteiger partial charge in [-0.1, -0.05) is 25.5 Å². The smallest absolute Gasteiger partial charge is 0.119 e. The topological polar surface area (TPSA) is 47.3 Å². The van der Waals surface area contributed by atoms with Gasteiger partial charge >= 0.3 is 0 Å². The Bertz CT molecular complexity index is 388. The average Bonchev–Trinajstić information content (AvgIpc) is 2.78. The molecule has 1 fully saturated rings. The fraction of sp³-hybridized carbons (Fsp3) is 0.625. The van der Waals surface area contributed by atoms with E-state index < -0.39 is 0 Å². The van der Waals surface area contributed by atoms with Gasteiger partial charge in [-0.2, -0.15) is 0 Å². The van der Waals surface area contributed by atoms with Crippen molar-refractivity contribution in [1.29, 1.82) is 0 Å². The maximum absolute atomic E-state index is 5.77. The van der Waals surface area contributed by atoms with Crippen LogP contribution >= 0.6 is 0 Å². The molecule has 0 aromatic heterocycles. The van der Waals surface area contributed by atoms with Crippen LogP contribution in [-0.4, -0.2) is 6.10 Å². The molecule has 0 aliphatic heterocycles. The standard InChI is InChI=1S/C16H26N2O/c1-11(2)19-15-8-6-13(7-9-15)16(18-17)14-5-4-12(3)10-14/h6-9,11-12,14,16,18H,4-5,10,17H2,1-3H3. The zero-order valence-electron chi connectivity index (χ0n) is 12.2. The first-order chi connectivity index (χ1) is 9.10.